The van der Waals surface area contributed by atoms with E-state index in [2.05, 4.69) is 79.5 Å². The lowest BCUT2D eigenvalue weighted by atomic mass is 9.86. The Hall–Kier alpha value is -2.67. The van der Waals surface area contributed by atoms with Gasteiger partial charge in [0, 0.05) is 38.5 Å². The van der Waals surface area contributed by atoms with Crippen molar-refractivity contribution < 1.29 is 4.74 Å². The van der Waals surface area contributed by atoms with Crippen LogP contribution in [0.3, 0.4) is 0 Å². The molecule has 1 aliphatic rings. The number of imidazole rings is 1. The monoisotopic (exact) mass is 478 g/mol. The van der Waals surface area contributed by atoms with Crippen LogP contribution in [0.25, 0.3) is 11.2 Å². The molecular formula is C28H42N6O. The van der Waals surface area contributed by atoms with Crippen molar-refractivity contribution in [2.45, 2.75) is 78.7 Å². The fourth-order valence-electron chi connectivity index (χ4n) is 4.84. The highest BCUT2D eigenvalue weighted by atomic mass is 16.5. The second-order valence-electron chi connectivity index (χ2n) is 11.3. The Balaban J connectivity index is 1.66. The molecule has 2 aromatic heterocycles. The zero-order valence-electron chi connectivity index (χ0n) is 22.6. The van der Waals surface area contributed by atoms with E-state index in [1.54, 1.807) is 7.11 Å². The Labute approximate surface area is 210 Å². The molecule has 1 aromatic carbocycles. The highest BCUT2D eigenvalue weighted by Crippen LogP contribution is 2.33. The minimum atomic E-state index is 0.0730. The molecule has 1 fully saturated rings. The molecule has 7 heteroatoms. The quantitative estimate of drug-likeness (QED) is 0.378. The lowest BCUT2D eigenvalue weighted by Crippen LogP contribution is -2.35. The Morgan fingerprint density at radius 3 is 2.54 bits per heavy atom. The van der Waals surface area contributed by atoms with Crippen molar-refractivity contribution in [2.24, 2.45) is 5.92 Å². The van der Waals surface area contributed by atoms with Crippen molar-refractivity contribution in [2.75, 3.05) is 37.0 Å². The van der Waals surface area contributed by atoms with Gasteiger partial charge in [-0.3, -0.25) is 0 Å². The van der Waals surface area contributed by atoms with Gasteiger partial charge >= 0.3 is 0 Å². The smallest absolute Gasteiger partial charge is 0.229 e. The molecule has 0 unspecified atom stereocenters. The zero-order valence-corrected chi connectivity index (χ0v) is 22.6. The van der Waals surface area contributed by atoms with Crippen molar-refractivity contribution in [3.05, 3.63) is 35.7 Å². The number of methoxy groups -OCH3 is 1. The number of hydrogen-bond acceptors (Lipinski definition) is 6. The number of hydrogen-bond donors (Lipinski definition) is 1. The summed E-state index contributed by atoms with van der Waals surface area (Å²) in [5.74, 6) is 2.35. The first kappa shape index (κ1) is 25.4. The van der Waals surface area contributed by atoms with Gasteiger partial charge in [0.1, 0.15) is 5.52 Å². The maximum Gasteiger partial charge on any atom is 0.229 e. The van der Waals surface area contributed by atoms with E-state index < -0.39 is 0 Å². The largest absolute Gasteiger partial charge is 0.385 e. The molecule has 0 spiro atoms. The van der Waals surface area contributed by atoms with Crippen LogP contribution < -0.4 is 10.2 Å². The van der Waals surface area contributed by atoms with Crippen LogP contribution in [0.4, 0.5) is 17.5 Å². The molecule has 7 nitrogen and oxygen atoms in total. The maximum absolute atomic E-state index is 5.23. The maximum atomic E-state index is 5.23. The average Bonchev–Trinajstić information content (AvgIpc) is 3.25. The molecule has 0 saturated carbocycles. The molecule has 0 amide bonds. The zero-order chi connectivity index (χ0) is 25.2. The molecule has 190 valence electrons. The van der Waals surface area contributed by atoms with Gasteiger partial charge in [-0.05, 0) is 75.0 Å². The summed E-state index contributed by atoms with van der Waals surface area (Å²) in [5, 5.41) is 3.68. The van der Waals surface area contributed by atoms with Gasteiger partial charge in [-0.2, -0.15) is 9.97 Å². The topological polar surface area (TPSA) is 68.1 Å². The number of fused-ring (bicyclic) bond motifs is 1. The number of benzene rings is 1. The normalized spacial score (nSPS) is 15.4. The summed E-state index contributed by atoms with van der Waals surface area (Å²) >= 11 is 0. The number of nitrogens with zero attached hydrogens (tertiary/aromatic N) is 5. The van der Waals surface area contributed by atoms with Gasteiger partial charge in [0.05, 0.1) is 6.33 Å². The summed E-state index contributed by atoms with van der Waals surface area (Å²) < 4.78 is 7.39. The van der Waals surface area contributed by atoms with E-state index in [0.717, 1.165) is 60.7 Å². The lowest BCUT2D eigenvalue weighted by Gasteiger charge is -2.32. The molecule has 3 aromatic rings. The SMILES string of the molecule is COCCCC1CCN(c2nc(Nc3cc(C(C)(C)C)ccc3C)c3c(ncn3C(C)C)n2)CC1. The van der Waals surface area contributed by atoms with Gasteiger partial charge in [0.25, 0.3) is 0 Å². The Morgan fingerprint density at radius 2 is 1.89 bits per heavy atom. The molecule has 0 bridgehead atoms. The Bertz CT molecular complexity index is 1140. The summed E-state index contributed by atoms with van der Waals surface area (Å²) in [6.07, 6.45) is 6.59. The van der Waals surface area contributed by atoms with Crippen molar-refractivity contribution in [1.82, 2.24) is 19.5 Å². The summed E-state index contributed by atoms with van der Waals surface area (Å²) in [4.78, 5) is 17.0. The minimum Gasteiger partial charge on any atom is -0.385 e. The predicted molar refractivity (Wildman–Crippen MR) is 145 cm³/mol. The molecule has 1 N–H and O–H groups in total. The van der Waals surface area contributed by atoms with Crippen LogP contribution in [0.1, 0.15) is 77.5 Å². The second kappa shape index (κ2) is 10.5. The minimum absolute atomic E-state index is 0.0730. The van der Waals surface area contributed by atoms with Gasteiger partial charge in [0.15, 0.2) is 11.5 Å². The first-order valence-electron chi connectivity index (χ1n) is 13.0. The van der Waals surface area contributed by atoms with Crippen LogP contribution >= 0.6 is 0 Å². The Morgan fingerprint density at radius 1 is 1.14 bits per heavy atom. The van der Waals surface area contributed by atoms with Gasteiger partial charge in [0.2, 0.25) is 5.95 Å². The van der Waals surface area contributed by atoms with E-state index in [1.807, 2.05) is 6.33 Å². The predicted octanol–water partition coefficient (Wildman–Crippen LogP) is 6.40. The lowest BCUT2D eigenvalue weighted by molar-refractivity contribution is 0.183. The van der Waals surface area contributed by atoms with E-state index in [9.17, 15) is 0 Å². The van der Waals surface area contributed by atoms with E-state index in [4.69, 9.17) is 14.7 Å². The standard InChI is InChI=1S/C28H42N6O/c1-19(2)34-18-29-25-24(34)26(30-23-17-22(28(4,5)6)11-10-20(23)3)32-27(31-25)33-14-12-21(13-15-33)9-8-16-35-7/h10-11,17-19,21H,8-9,12-16H2,1-7H3,(H,30,31,32). The summed E-state index contributed by atoms with van der Waals surface area (Å²) in [7, 11) is 1.78. The number of rotatable bonds is 8. The van der Waals surface area contributed by atoms with Crippen LogP contribution in [-0.4, -0.2) is 46.3 Å². The number of piperidine rings is 1. The van der Waals surface area contributed by atoms with E-state index in [1.165, 1.54) is 30.4 Å². The second-order valence-corrected chi connectivity index (χ2v) is 11.3. The highest BCUT2D eigenvalue weighted by Gasteiger charge is 2.24. The number of aryl methyl sites for hydroxylation is 1. The fourth-order valence-corrected chi connectivity index (χ4v) is 4.84. The van der Waals surface area contributed by atoms with Crippen molar-refractivity contribution in [3.63, 3.8) is 0 Å². The van der Waals surface area contributed by atoms with Crippen molar-refractivity contribution in [1.29, 1.82) is 0 Å². The number of anilines is 3. The van der Waals surface area contributed by atoms with Crippen LogP contribution in [0.5, 0.6) is 0 Å². The Kier molecular flexibility index (Phi) is 7.64. The van der Waals surface area contributed by atoms with E-state index >= 15 is 0 Å². The van der Waals surface area contributed by atoms with Crippen LogP contribution in [0, 0.1) is 12.8 Å². The summed E-state index contributed by atoms with van der Waals surface area (Å²) in [6, 6.07) is 6.93. The average molecular weight is 479 g/mol. The molecule has 0 aliphatic carbocycles. The molecule has 1 aliphatic heterocycles. The molecule has 3 heterocycles. The van der Waals surface area contributed by atoms with Gasteiger partial charge in [-0.15, -0.1) is 0 Å². The number of aromatic nitrogens is 4. The van der Waals surface area contributed by atoms with Gasteiger partial charge < -0.3 is 19.5 Å². The van der Waals surface area contributed by atoms with Crippen molar-refractivity contribution >= 4 is 28.6 Å². The van der Waals surface area contributed by atoms with Crippen LogP contribution in [0.2, 0.25) is 0 Å². The van der Waals surface area contributed by atoms with Crippen LogP contribution in [0.15, 0.2) is 24.5 Å². The summed E-state index contributed by atoms with van der Waals surface area (Å²) in [5.41, 5.74) is 5.35. The first-order valence-corrected chi connectivity index (χ1v) is 13.0. The molecule has 0 radical (unpaired) electrons. The van der Waals surface area contributed by atoms with Crippen LogP contribution in [-0.2, 0) is 10.2 Å². The number of ether oxygens (including phenoxy) is 1. The third-order valence-electron chi connectivity index (χ3n) is 7.19. The first-order chi connectivity index (χ1) is 16.7. The third-order valence-corrected chi connectivity index (χ3v) is 7.19. The van der Waals surface area contributed by atoms with E-state index in [0.29, 0.717) is 0 Å². The van der Waals surface area contributed by atoms with Crippen molar-refractivity contribution in [3.8, 4) is 0 Å². The molecule has 1 saturated heterocycles. The molecule has 4 rings (SSSR count). The molecule has 0 atom stereocenters. The number of nitrogens with one attached hydrogen (secondary N) is 1. The summed E-state index contributed by atoms with van der Waals surface area (Å²) in [6.45, 7) is 16.0. The highest BCUT2D eigenvalue weighted by molar-refractivity contribution is 5.87. The van der Waals surface area contributed by atoms with Gasteiger partial charge in [-0.1, -0.05) is 32.9 Å². The van der Waals surface area contributed by atoms with Gasteiger partial charge in [-0.25, -0.2) is 4.98 Å². The fraction of sp³-hybridized carbons (Fsp3) is 0.607. The molecule has 35 heavy (non-hydrogen) atoms. The third kappa shape index (κ3) is 5.77. The molecular weight excluding hydrogens is 436 g/mol. The van der Waals surface area contributed by atoms with E-state index in [-0.39, 0.29) is 11.5 Å².